The van der Waals surface area contributed by atoms with Gasteiger partial charge in [-0.25, -0.2) is 13.4 Å². The number of benzene rings is 1. The molecule has 0 saturated heterocycles. The van der Waals surface area contributed by atoms with E-state index in [1.165, 1.54) is 30.1 Å². The molecule has 1 aliphatic rings. The predicted molar refractivity (Wildman–Crippen MR) is 148 cm³/mol. The van der Waals surface area contributed by atoms with Gasteiger partial charge < -0.3 is 28.7 Å². The summed E-state index contributed by atoms with van der Waals surface area (Å²) in [4.78, 5) is 24.1. The van der Waals surface area contributed by atoms with Gasteiger partial charge in [0.2, 0.25) is 5.88 Å². The van der Waals surface area contributed by atoms with Crippen LogP contribution in [0.25, 0.3) is 10.9 Å². The van der Waals surface area contributed by atoms with Crippen LogP contribution in [-0.2, 0) is 28.8 Å². The van der Waals surface area contributed by atoms with E-state index in [1.807, 2.05) is 19.1 Å². The van der Waals surface area contributed by atoms with Crippen molar-refractivity contribution in [3.63, 3.8) is 0 Å². The molecule has 1 aromatic carbocycles. The Morgan fingerprint density at radius 1 is 1.18 bits per heavy atom. The Bertz CT molecular complexity index is 1430. The first-order valence-electron chi connectivity index (χ1n) is 12.3. The predicted octanol–water partition coefficient (Wildman–Crippen LogP) is 3.96. The second kappa shape index (κ2) is 12.8. The quantitative estimate of drug-likeness (QED) is 0.297. The van der Waals surface area contributed by atoms with Crippen molar-refractivity contribution >= 4 is 43.5 Å². The second-order valence-corrected chi connectivity index (χ2v) is 12.0. The van der Waals surface area contributed by atoms with E-state index in [-0.39, 0.29) is 22.2 Å². The molecule has 3 heterocycles. The summed E-state index contributed by atoms with van der Waals surface area (Å²) in [6.45, 7) is 2.91. The van der Waals surface area contributed by atoms with Crippen molar-refractivity contribution in [2.75, 3.05) is 40.2 Å². The summed E-state index contributed by atoms with van der Waals surface area (Å²) in [5.41, 5.74) is 1.09. The molecule has 1 unspecified atom stereocenters. The van der Waals surface area contributed by atoms with E-state index in [1.54, 1.807) is 20.3 Å². The highest BCUT2D eigenvalue weighted by atomic mass is 32.2. The summed E-state index contributed by atoms with van der Waals surface area (Å²) in [6.07, 6.45) is 3.08. The topological polar surface area (TPSA) is 138 Å². The summed E-state index contributed by atoms with van der Waals surface area (Å²) in [5, 5.41) is 1.51. The van der Waals surface area contributed by atoms with Gasteiger partial charge in [0.1, 0.15) is 22.6 Å². The number of fused-ring (bicyclic) bond motifs is 1. The minimum atomic E-state index is -3.38. The molecule has 0 saturated carbocycles. The van der Waals surface area contributed by atoms with Crippen LogP contribution in [0.4, 0.5) is 0 Å². The number of thioether (sulfide) groups is 1. The van der Waals surface area contributed by atoms with Crippen molar-refractivity contribution in [3.05, 3.63) is 42.2 Å². The van der Waals surface area contributed by atoms with Crippen LogP contribution in [0.1, 0.15) is 25.5 Å². The molecule has 13 heteroatoms. The Morgan fingerprint density at radius 3 is 2.59 bits per heavy atom. The number of ether oxygens (including phenoxy) is 5. The number of methoxy groups -OCH3 is 2. The van der Waals surface area contributed by atoms with Crippen molar-refractivity contribution < 1.29 is 36.9 Å². The first-order valence-corrected chi connectivity index (χ1v) is 15.0. The lowest BCUT2D eigenvalue weighted by molar-refractivity contribution is -0.144. The molecule has 210 valence electrons. The number of aromatic amines is 1. The lowest BCUT2D eigenvalue weighted by atomic mass is 10.2. The lowest BCUT2D eigenvalue weighted by Crippen LogP contribution is -2.27. The zero-order chi connectivity index (χ0) is 28.0. The first kappa shape index (κ1) is 28.9. The van der Waals surface area contributed by atoms with Crippen LogP contribution in [0.3, 0.4) is 0 Å². The summed E-state index contributed by atoms with van der Waals surface area (Å²) in [6, 6.07) is 8.38. The molecular formula is C26H31N3O8S2. The fourth-order valence-electron chi connectivity index (χ4n) is 3.86. The zero-order valence-corrected chi connectivity index (χ0v) is 23.8. The van der Waals surface area contributed by atoms with E-state index in [0.717, 1.165) is 28.8 Å². The molecule has 11 nitrogen and oxygen atoms in total. The second-order valence-electron chi connectivity index (χ2n) is 8.86. The molecule has 0 fully saturated rings. The molecule has 0 aliphatic carbocycles. The van der Waals surface area contributed by atoms with Crippen LogP contribution < -0.4 is 9.47 Å². The monoisotopic (exact) mass is 577 g/mol. The number of carbonyl (C=O) groups is 1. The first-order chi connectivity index (χ1) is 18.7. The van der Waals surface area contributed by atoms with Crippen molar-refractivity contribution in [3.8, 4) is 17.4 Å². The van der Waals surface area contributed by atoms with E-state index >= 15 is 0 Å². The smallest absolute Gasteiger partial charge is 0.306 e. The van der Waals surface area contributed by atoms with E-state index < -0.39 is 15.9 Å². The molecule has 0 amide bonds. The van der Waals surface area contributed by atoms with Crippen LogP contribution in [-0.4, -0.2) is 81.2 Å². The zero-order valence-electron chi connectivity index (χ0n) is 22.1. The van der Waals surface area contributed by atoms with Gasteiger partial charge in [-0.05, 0) is 24.6 Å². The lowest BCUT2D eigenvalue weighted by Gasteiger charge is -2.19. The average Bonchev–Trinajstić information content (AvgIpc) is 3.51. The third-order valence-electron chi connectivity index (χ3n) is 5.60. The number of nitrogens with one attached hydrogen (secondary N) is 1. The van der Waals surface area contributed by atoms with Gasteiger partial charge in [0, 0.05) is 50.6 Å². The van der Waals surface area contributed by atoms with Gasteiger partial charge in [0.05, 0.1) is 35.9 Å². The Balaban J connectivity index is 1.63. The fraction of sp³-hybridized carbons (Fsp3) is 0.423. The minimum Gasteiger partial charge on any atom is -0.483 e. The molecule has 1 aliphatic heterocycles. The Morgan fingerprint density at radius 2 is 1.95 bits per heavy atom. The van der Waals surface area contributed by atoms with Crippen LogP contribution in [0, 0.1) is 0 Å². The number of carbonyl (C=O) groups excluding carboxylic acids is 1. The highest BCUT2D eigenvalue weighted by molar-refractivity contribution is 8.15. The van der Waals surface area contributed by atoms with Crippen LogP contribution in [0.2, 0.25) is 0 Å². The summed E-state index contributed by atoms with van der Waals surface area (Å²) in [7, 11) is -0.214. The largest absolute Gasteiger partial charge is 0.483 e. The van der Waals surface area contributed by atoms with Gasteiger partial charge in [0.25, 0.3) is 0 Å². The summed E-state index contributed by atoms with van der Waals surface area (Å²) < 4.78 is 51.8. The number of sulfone groups is 1. The number of esters is 1. The van der Waals surface area contributed by atoms with E-state index in [2.05, 4.69) is 15.0 Å². The number of hydrogen-bond acceptors (Lipinski definition) is 11. The summed E-state index contributed by atoms with van der Waals surface area (Å²) in [5.74, 6) is 0.918. The number of pyridine rings is 1. The molecule has 0 radical (unpaired) electrons. The Labute approximate surface area is 231 Å². The van der Waals surface area contributed by atoms with Crippen molar-refractivity contribution in [2.24, 2.45) is 4.99 Å². The number of rotatable bonds is 13. The van der Waals surface area contributed by atoms with Gasteiger partial charge in [-0.2, -0.15) is 0 Å². The molecule has 0 bridgehead atoms. The van der Waals surface area contributed by atoms with Gasteiger partial charge in [-0.15, -0.1) is 0 Å². The van der Waals surface area contributed by atoms with Crippen LogP contribution in [0.15, 0.2) is 46.4 Å². The molecule has 4 rings (SSSR count). The molecule has 0 spiro atoms. The fourth-order valence-corrected chi connectivity index (χ4v) is 5.36. The number of hydrogen-bond donors (Lipinski definition) is 1. The maximum absolute atomic E-state index is 11.9. The molecule has 1 N–H and O–H groups in total. The van der Waals surface area contributed by atoms with Crippen molar-refractivity contribution in [1.82, 2.24) is 9.97 Å². The molecular weight excluding hydrogens is 546 g/mol. The average molecular weight is 578 g/mol. The highest BCUT2D eigenvalue weighted by Crippen LogP contribution is 2.36. The molecule has 2 aromatic heterocycles. The van der Waals surface area contributed by atoms with Gasteiger partial charge in [-0.1, -0.05) is 18.7 Å². The molecule has 1 atom stereocenters. The molecule has 3 aromatic rings. The van der Waals surface area contributed by atoms with E-state index in [0.29, 0.717) is 43.2 Å². The Kier molecular flexibility index (Phi) is 9.49. The standard InChI is InChI=1S/C26H31N3O8S2/c1-5-6-23(30)37-24-13-28-26(38-24)20-10-16-9-17(36-22-8-7-19(12-27-22)39(4,31)32)11-21(25(16)29-20)35-18(14-33-2)15-34-3/h7-12,18,24,29H,5-6,13-15H2,1-4H3. The number of nitrogens with zero attached hydrogens (tertiary/aromatic N) is 2. The van der Waals surface area contributed by atoms with Crippen LogP contribution >= 0.6 is 11.8 Å². The maximum atomic E-state index is 11.9. The Hall–Kier alpha value is -3.13. The normalized spacial score (nSPS) is 15.5. The van der Waals surface area contributed by atoms with Gasteiger partial charge in [0.15, 0.2) is 15.3 Å². The number of aromatic nitrogens is 2. The van der Waals surface area contributed by atoms with E-state index in [4.69, 9.17) is 23.7 Å². The minimum absolute atomic E-state index is 0.0973. The number of H-pyrrole nitrogens is 1. The highest BCUT2D eigenvalue weighted by Gasteiger charge is 2.26. The molecule has 39 heavy (non-hydrogen) atoms. The summed E-state index contributed by atoms with van der Waals surface area (Å²) >= 11 is 1.38. The van der Waals surface area contributed by atoms with Gasteiger partial charge in [-0.3, -0.25) is 9.79 Å². The van der Waals surface area contributed by atoms with Crippen LogP contribution in [0.5, 0.6) is 17.4 Å². The third kappa shape index (κ3) is 7.50. The van der Waals surface area contributed by atoms with E-state index in [9.17, 15) is 13.2 Å². The van der Waals surface area contributed by atoms with Gasteiger partial charge >= 0.3 is 5.97 Å². The third-order valence-corrected chi connectivity index (χ3v) is 7.78. The SMILES string of the molecule is CCCC(=O)OC1CN=C(c2cc3cc(Oc4ccc(S(C)(=O)=O)cn4)cc(OC(COC)COC)c3[nH]2)S1. The maximum Gasteiger partial charge on any atom is 0.306 e. The van der Waals surface area contributed by atoms with Crippen molar-refractivity contribution in [1.29, 1.82) is 0 Å². The van der Waals surface area contributed by atoms with Crippen molar-refractivity contribution in [2.45, 2.75) is 36.2 Å². The number of aliphatic imine (C=N–C) groups is 1.